The monoisotopic (exact) mass is 195 g/mol. The zero-order chi connectivity index (χ0) is 9.97. The fourth-order valence-electron chi connectivity index (χ4n) is 1.52. The molecule has 1 heterocycles. The van der Waals surface area contributed by atoms with E-state index in [2.05, 4.69) is 5.32 Å². The topological polar surface area (TPSA) is 45.4 Å². The highest BCUT2D eigenvalue weighted by Crippen LogP contribution is 2.22. The van der Waals surface area contributed by atoms with Gasteiger partial charge in [0.05, 0.1) is 12.5 Å². The van der Waals surface area contributed by atoms with E-state index in [9.17, 15) is 5.11 Å². The Balaban J connectivity index is 1.90. The quantitative estimate of drug-likeness (QED) is 0.746. The van der Waals surface area contributed by atoms with Crippen LogP contribution in [0.5, 0.6) is 0 Å². The summed E-state index contributed by atoms with van der Waals surface area (Å²) >= 11 is 0. The summed E-state index contributed by atoms with van der Waals surface area (Å²) in [5.41, 5.74) is 0. The van der Waals surface area contributed by atoms with Crippen LogP contribution in [0.3, 0.4) is 0 Å². The first-order chi connectivity index (χ1) is 6.79. The van der Waals surface area contributed by atoms with Crippen LogP contribution in [0.1, 0.15) is 30.3 Å². The van der Waals surface area contributed by atoms with Gasteiger partial charge in [-0.2, -0.15) is 0 Å². The molecule has 2 rings (SSSR count). The van der Waals surface area contributed by atoms with Gasteiger partial charge in [0.1, 0.15) is 11.5 Å². The molecule has 14 heavy (non-hydrogen) atoms. The number of aliphatic hydroxyl groups is 1. The van der Waals surface area contributed by atoms with Crippen LogP contribution in [0.15, 0.2) is 16.5 Å². The highest BCUT2D eigenvalue weighted by Gasteiger charge is 2.23. The average Bonchev–Trinajstić information content (AvgIpc) is 2.90. The Hall–Kier alpha value is -0.800. The van der Waals surface area contributed by atoms with Crippen molar-refractivity contribution in [2.45, 2.75) is 31.7 Å². The lowest BCUT2D eigenvalue weighted by molar-refractivity contribution is 0.243. The van der Waals surface area contributed by atoms with E-state index in [1.165, 1.54) is 12.8 Å². The molecule has 0 aromatic carbocycles. The highest BCUT2D eigenvalue weighted by molar-refractivity contribution is 5.11. The van der Waals surface area contributed by atoms with Crippen molar-refractivity contribution >= 4 is 0 Å². The molecular formula is C11H17NO2. The van der Waals surface area contributed by atoms with E-state index in [1.54, 1.807) is 0 Å². The lowest BCUT2D eigenvalue weighted by Gasteiger charge is -2.11. The average molecular weight is 195 g/mol. The summed E-state index contributed by atoms with van der Waals surface area (Å²) in [5, 5.41) is 12.6. The molecule has 1 aliphatic rings. The number of rotatable bonds is 5. The summed E-state index contributed by atoms with van der Waals surface area (Å²) in [5.74, 6) is 1.90. The Morgan fingerprint density at radius 2 is 2.36 bits per heavy atom. The maximum absolute atomic E-state index is 9.22. The van der Waals surface area contributed by atoms with Crippen LogP contribution in [0, 0.1) is 6.92 Å². The summed E-state index contributed by atoms with van der Waals surface area (Å²) < 4.78 is 5.49. The molecule has 0 radical (unpaired) electrons. The van der Waals surface area contributed by atoms with E-state index in [0.717, 1.165) is 18.1 Å². The third kappa shape index (κ3) is 2.36. The van der Waals surface area contributed by atoms with Crippen molar-refractivity contribution < 1.29 is 9.52 Å². The smallest absolute Gasteiger partial charge is 0.110 e. The zero-order valence-electron chi connectivity index (χ0n) is 8.49. The maximum Gasteiger partial charge on any atom is 0.110 e. The van der Waals surface area contributed by atoms with Gasteiger partial charge >= 0.3 is 0 Å². The summed E-state index contributed by atoms with van der Waals surface area (Å²) in [6.45, 7) is 2.88. The van der Waals surface area contributed by atoms with E-state index >= 15 is 0 Å². The number of nitrogens with one attached hydrogen (secondary N) is 1. The fraction of sp³-hybridized carbons (Fsp3) is 0.636. The Labute approximate surface area is 84.1 Å². The van der Waals surface area contributed by atoms with Gasteiger partial charge < -0.3 is 14.8 Å². The molecule has 0 aliphatic heterocycles. The van der Waals surface area contributed by atoms with E-state index in [1.807, 2.05) is 19.1 Å². The second-order valence-electron chi connectivity index (χ2n) is 4.01. The maximum atomic E-state index is 9.22. The summed E-state index contributed by atoms with van der Waals surface area (Å²) in [4.78, 5) is 0. The van der Waals surface area contributed by atoms with Crippen molar-refractivity contribution in [2.75, 3.05) is 13.2 Å². The lowest BCUT2D eigenvalue weighted by atomic mass is 10.1. The van der Waals surface area contributed by atoms with E-state index < -0.39 is 0 Å². The second kappa shape index (κ2) is 4.15. The minimum absolute atomic E-state index is 0.101. The molecular weight excluding hydrogens is 178 g/mol. The van der Waals surface area contributed by atoms with Crippen molar-refractivity contribution in [2.24, 2.45) is 0 Å². The zero-order valence-corrected chi connectivity index (χ0v) is 8.49. The Bertz CT molecular complexity index is 291. The molecule has 78 valence electrons. The first-order valence-corrected chi connectivity index (χ1v) is 5.20. The van der Waals surface area contributed by atoms with Crippen LogP contribution < -0.4 is 5.32 Å². The first-order valence-electron chi connectivity index (χ1n) is 5.20. The predicted molar refractivity (Wildman–Crippen MR) is 54.3 cm³/mol. The molecule has 1 fully saturated rings. The molecule has 0 spiro atoms. The summed E-state index contributed by atoms with van der Waals surface area (Å²) in [6, 6.07) is 4.57. The molecule has 1 aromatic heterocycles. The van der Waals surface area contributed by atoms with Gasteiger partial charge in [0.2, 0.25) is 0 Å². The number of hydrogen-bond acceptors (Lipinski definition) is 3. The number of aryl methyl sites for hydroxylation is 1. The summed E-state index contributed by atoms with van der Waals surface area (Å²) in [7, 11) is 0. The molecule has 0 saturated heterocycles. The largest absolute Gasteiger partial charge is 0.466 e. The third-order valence-electron chi connectivity index (χ3n) is 2.61. The van der Waals surface area contributed by atoms with Crippen LogP contribution in [-0.2, 0) is 0 Å². The van der Waals surface area contributed by atoms with E-state index in [-0.39, 0.29) is 12.5 Å². The molecule has 0 amide bonds. The second-order valence-corrected chi connectivity index (χ2v) is 4.01. The Morgan fingerprint density at radius 1 is 1.57 bits per heavy atom. The van der Waals surface area contributed by atoms with Gasteiger partial charge in [-0.3, -0.25) is 0 Å². The van der Waals surface area contributed by atoms with Crippen molar-refractivity contribution in [3.63, 3.8) is 0 Å². The number of hydrogen-bond donors (Lipinski definition) is 2. The van der Waals surface area contributed by atoms with Crippen LogP contribution in [0.4, 0.5) is 0 Å². The standard InChI is InChI=1S/C11H17NO2/c1-8-2-5-11(14-8)9(7-13)6-12-10-3-4-10/h2,5,9-10,12-13H,3-4,6-7H2,1H3. The van der Waals surface area contributed by atoms with Gasteiger partial charge in [-0.25, -0.2) is 0 Å². The first kappa shape index (κ1) is 9.74. The molecule has 0 bridgehead atoms. The molecule has 1 unspecified atom stereocenters. The van der Waals surface area contributed by atoms with Crippen molar-refractivity contribution in [1.82, 2.24) is 5.32 Å². The van der Waals surface area contributed by atoms with Crippen molar-refractivity contribution in [1.29, 1.82) is 0 Å². The van der Waals surface area contributed by atoms with Crippen LogP contribution in [-0.4, -0.2) is 24.3 Å². The number of aliphatic hydroxyl groups excluding tert-OH is 1. The summed E-state index contributed by atoms with van der Waals surface area (Å²) in [6.07, 6.45) is 2.55. The molecule has 3 heteroatoms. The predicted octanol–water partition coefficient (Wildman–Crippen LogP) is 1.42. The minimum atomic E-state index is 0.101. The third-order valence-corrected chi connectivity index (χ3v) is 2.61. The van der Waals surface area contributed by atoms with Gasteiger partial charge in [-0.15, -0.1) is 0 Å². The van der Waals surface area contributed by atoms with Crippen LogP contribution in [0.25, 0.3) is 0 Å². The normalized spacial score (nSPS) is 18.4. The molecule has 2 N–H and O–H groups in total. The molecule has 1 atom stereocenters. The minimum Gasteiger partial charge on any atom is -0.466 e. The lowest BCUT2D eigenvalue weighted by Crippen LogP contribution is -2.25. The number of furan rings is 1. The van der Waals surface area contributed by atoms with Gasteiger partial charge in [0.25, 0.3) is 0 Å². The van der Waals surface area contributed by atoms with Gasteiger partial charge in [-0.1, -0.05) is 0 Å². The Morgan fingerprint density at radius 3 is 2.86 bits per heavy atom. The van der Waals surface area contributed by atoms with Crippen molar-refractivity contribution in [3.8, 4) is 0 Å². The Kier molecular flexibility index (Phi) is 2.89. The van der Waals surface area contributed by atoms with Crippen LogP contribution in [0.2, 0.25) is 0 Å². The van der Waals surface area contributed by atoms with Gasteiger partial charge in [-0.05, 0) is 31.9 Å². The molecule has 3 nitrogen and oxygen atoms in total. The molecule has 1 saturated carbocycles. The van der Waals surface area contributed by atoms with Crippen molar-refractivity contribution in [3.05, 3.63) is 23.7 Å². The van der Waals surface area contributed by atoms with Gasteiger partial charge in [0.15, 0.2) is 0 Å². The van der Waals surface area contributed by atoms with E-state index in [0.29, 0.717) is 6.04 Å². The van der Waals surface area contributed by atoms with E-state index in [4.69, 9.17) is 4.42 Å². The van der Waals surface area contributed by atoms with Crippen LogP contribution >= 0.6 is 0 Å². The van der Waals surface area contributed by atoms with Gasteiger partial charge in [0, 0.05) is 12.6 Å². The fourth-order valence-corrected chi connectivity index (χ4v) is 1.52. The SMILES string of the molecule is Cc1ccc(C(CO)CNC2CC2)o1. The highest BCUT2D eigenvalue weighted by atomic mass is 16.3. The molecule has 1 aromatic rings. The molecule has 1 aliphatic carbocycles.